The molecule has 0 spiro atoms. The Morgan fingerprint density at radius 1 is 1.56 bits per heavy atom. The third kappa shape index (κ3) is 3.10. The van der Waals surface area contributed by atoms with Crippen molar-refractivity contribution in [3.8, 4) is 5.75 Å². The molecule has 1 amide bonds. The van der Waals surface area contributed by atoms with E-state index < -0.39 is 6.61 Å². The molecule has 1 aromatic rings. The summed E-state index contributed by atoms with van der Waals surface area (Å²) in [4.78, 5) is 11.7. The standard InChI is InChI=1S/C12H12ClF2NO2/c1-6-4-8(6)11(17)16-7-2-3-10(9(13)5-7)18-12(14)15/h2-3,5-6,8,12H,4H2,1H3,(H,16,17)/t6-,8-/m0/s1. The van der Waals surface area contributed by atoms with Gasteiger partial charge in [-0.1, -0.05) is 18.5 Å². The van der Waals surface area contributed by atoms with Crippen molar-refractivity contribution in [1.29, 1.82) is 0 Å². The second kappa shape index (κ2) is 5.10. The number of alkyl halides is 2. The van der Waals surface area contributed by atoms with Gasteiger partial charge in [-0.3, -0.25) is 4.79 Å². The first-order valence-corrected chi connectivity index (χ1v) is 5.90. The molecule has 18 heavy (non-hydrogen) atoms. The minimum Gasteiger partial charge on any atom is -0.433 e. The van der Waals surface area contributed by atoms with E-state index in [9.17, 15) is 13.6 Å². The molecule has 3 nitrogen and oxygen atoms in total. The number of carbonyl (C=O) groups excluding carboxylic acids is 1. The molecule has 0 unspecified atom stereocenters. The predicted molar refractivity (Wildman–Crippen MR) is 64.0 cm³/mol. The molecule has 1 fully saturated rings. The van der Waals surface area contributed by atoms with Crippen LogP contribution in [0.1, 0.15) is 13.3 Å². The number of hydrogen-bond acceptors (Lipinski definition) is 2. The van der Waals surface area contributed by atoms with E-state index in [1.165, 1.54) is 18.2 Å². The van der Waals surface area contributed by atoms with Crippen molar-refractivity contribution < 1.29 is 18.3 Å². The second-order valence-corrected chi connectivity index (χ2v) is 4.74. The van der Waals surface area contributed by atoms with Crippen LogP contribution in [0.2, 0.25) is 5.02 Å². The van der Waals surface area contributed by atoms with Gasteiger partial charge in [0.1, 0.15) is 5.75 Å². The van der Waals surface area contributed by atoms with Gasteiger partial charge < -0.3 is 10.1 Å². The highest BCUT2D eigenvalue weighted by molar-refractivity contribution is 6.32. The Hall–Kier alpha value is -1.36. The van der Waals surface area contributed by atoms with Crippen molar-refractivity contribution in [1.82, 2.24) is 0 Å². The summed E-state index contributed by atoms with van der Waals surface area (Å²) in [7, 11) is 0. The van der Waals surface area contributed by atoms with Crippen LogP contribution in [-0.4, -0.2) is 12.5 Å². The third-order valence-electron chi connectivity index (χ3n) is 2.86. The van der Waals surface area contributed by atoms with Crippen LogP contribution < -0.4 is 10.1 Å². The number of anilines is 1. The van der Waals surface area contributed by atoms with E-state index in [4.69, 9.17) is 11.6 Å². The van der Waals surface area contributed by atoms with Crippen molar-refractivity contribution in [3.63, 3.8) is 0 Å². The van der Waals surface area contributed by atoms with E-state index in [2.05, 4.69) is 10.1 Å². The maximum Gasteiger partial charge on any atom is 0.387 e. The molecule has 0 bridgehead atoms. The van der Waals surface area contributed by atoms with Gasteiger partial charge in [0.2, 0.25) is 5.91 Å². The lowest BCUT2D eigenvalue weighted by Gasteiger charge is -2.09. The number of carbonyl (C=O) groups is 1. The molecule has 0 saturated heterocycles. The third-order valence-corrected chi connectivity index (χ3v) is 3.16. The number of halogens is 3. The van der Waals surface area contributed by atoms with Gasteiger partial charge in [0.05, 0.1) is 5.02 Å². The van der Waals surface area contributed by atoms with Gasteiger partial charge in [-0.15, -0.1) is 0 Å². The fourth-order valence-electron chi connectivity index (χ4n) is 1.69. The fraction of sp³-hybridized carbons (Fsp3) is 0.417. The Balaban J connectivity index is 2.02. The SMILES string of the molecule is C[C@H]1C[C@@H]1C(=O)Nc1ccc(OC(F)F)c(Cl)c1. The topological polar surface area (TPSA) is 38.3 Å². The lowest BCUT2D eigenvalue weighted by Crippen LogP contribution is -2.14. The highest BCUT2D eigenvalue weighted by Crippen LogP contribution is 2.38. The molecule has 1 N–H and O–H groups in total. The van der Waals surface area contributed by atoms with Gasteiger partial charge in [-0.25, -0.2) is 0 Å². The second-order valence-electron chi connectivity index (χ2n) is 4.33. The molecule has 0 aliphatic heterocycles. The molecule has 2 atom stereocenters. The smallest absolute Gasteiger partial charge is 0.387 e. The van der Waals surface area contributed by atoms with Crippen molar-refractivity contribution in [3.05, 3.63) is 23.2 Å². The molecule has 2 rings (SSSR count). The minimum atomic E-state index is -2.92. The first-order chi connectivity index (χ1) is 8.47. The molecule has 0 heterocycles. The number of nitrogens with one attached hydrogen (secondary N) is 1. The molecule has 1 aliphatic carbocycles. The summed E-state index contributed by atoms with van der Waals surface area (Å²) < 4.78 is 28.2. The Morgan fingerprint density at radius 2 is 2.22 bits per heavy atom. The van der Waals surface area contributed by atoms with E-state index in [0.717, 1.165) is 6.42 Å². The molecular formula is C12H12ClF2NO2. The quantitative estimate of drug-likeness (QED) is 0.913. The number of ether oxygens (including phenoxy) is 1. The number of amides is 1. The van der Waals surface area contributed by atoms with E-state index >= 15 is 0 Å². The summed E-state index contributed by atoms with van der Waals surface area (Å²) in [6.07, 6.45) is 0.881. The maximum absolute atomic E-state index is 12.0. The van der Waals surface area contributed by atoms with Crippen LogP contribution in [0, 0.1) is 11.8 Å². The largest absolute Gasteiger partial charge is 0.433 e. The summed E-state index contributed by atoms with van der Waals surface area (Å²) >= 11 is 5.77. The maximum atomic E-state index is 12.0. The number of hydrogen-bond donors (Lipinski definition) is 1. The van der Waals surface area contributed by atoms with Gasteiger partial charge >= 0.3 is 6.61 Å². The minimum absolute atomic E-state index is 0.0388. The average Bonchev–Trinajstić information content (AvgIpc) is 2.99. The Morgan fingerprint density at radius 3 is 2.72 bits per heavy atom. The molecule has 98 valence electrons. The molecule has 1 aliphatic rings. The van der Waals surface area contributed by atoms with E-state index in [0.29, 0.717) is 11.6 Å². The first-order valence-electron chi connectivity index (χ1n) is 5.52. The fourth-order valence-corrected chi connectivity index (χ4v) is 1.92. The number of benzene rings is 1. The molecular weight excluding hydrogens is 264 g/mol. The summed E-state index contributed by atoms with van der Waals surface area (Å²) in [6.45, 7) is -0.924. The van der Waals surface area contributed by atoms with Crippen molar-refractivity contribution in [2.24, 2.45) is 11.8 Å². The predicted octanol–water partition coefficient (Wildman–Crippen LogP) is 3.54. The van der Waals surface area contributed by atoms with Crippen LogP contribution in [0.4, 0.5) is 14.5 Å². The zero-order chi connectivity index (χ0) is 13.3. The van der Waals surface area contributed by atoms with Gasteiger partial charge in [-0.2, -0.15) is 8.78 Å². The highest BCUT2D eigenvalue weighted by atomic mass is 35.5. The Bertz CT molecular complexity index is 467. The molecule has 0 radical (unpaired) electrons. The van der Waals surface area contributed by atoms with Gasteiger partial charge in [-0.05, 0) is 30.5 Å². The van der Waals surface area contributed by atoms with E-state index in [1.54, 1.807) is 0 Å². The van der Waals surface area contributed by atoms with Crippen LogP contribution in [-0.2, 0) is 4.79 Å². The number of rotatable bonds is 4. The average molecular weight is 276 g/mol. The van der Waals surface area contributed by atoms with E-state index in [-0.39, 0.29) is 22.6 Å². The summed E-state index contributed by atoms with van der Waals surface area (Å²) in [5.41, 5.74) is 0.478. The molecule has 6 heteroatoms. The van der Waals surface area contributed by atoms with Crippen LogP contribution in [0.15, 0.2) is 18.2 Å². The van der Waals surface area contributed by atoms with Gasteiger partial charge in [0.25, 0.3) is 0 Å². The lowest BCUT2D eigenvalue weighted by atomic mass is 10.2. The lowest BCUT2D eigenvalue weighted by molar-refractivity contribution is -0.117. The molecule has 1 saturated carbocycles. The molecule has 1 aromatic carbocycles. The Labute approximate surface area is 108 Å². The van der Waals surface area contributed by atoms with Crippen LogP contribution in [0.5, 0.6) is 5.75 Å². The normalized spacial score (nSPS) is 21.8. The van der Waals surface area contributed by atoms with E-state index in [1.807, 2.05) is 6.92 Å². The van der Waals surface area contributed by atoms with Crippen molar-refractivity contribution >= 4 is 23.2 Å². The monoisotopic (exact) mass is 275 g/mol. The highest BCUT2D eigenvalue weighted by Gasteiger charge is 2.39. The van der Waals surface area contributed by atoms with Crippen LogP contribution in [0.25, 0.3) is 0 Å². The zero-order valence-corrected chi connectivity index (χ0v) is 10.4. The van der Waals surface area contributed by atoms with Crippen LogP contribution in [0.3, 0.4) is 0 Å². The van der Waals surface area contributed by atoms with Crippen LogP contribution >= 0.6 is 11.6 Å². The summed E-state index contributed by atoms with van der Waals surface area (Å²) in [5, 5.41) is 2.73. The Kier molecular flexibility index (Phi) is 3.71. The van der Waals surface area contributed by atoms with Crippen molar-refractivity contribution in [2.45, 2.75) is 20.0 Å². The van der Waals surface area contributed by atoms with Gasteiger partial charge in [0, 0.05) is 11.6 Å². The van der Waals surface area contributed by atoms with Gasteiger partial charge in [0.15, 0.2) is 0 Å². The first kappa shape index (κ1) is 13.1. The zero-order valence-electron chi connectivity index (χ0n) is 9.62. The van der Waals surface area contributed by atoms with Crippen molar-refractivity contribution in [2.75, 3.05) is 5.32 Å². The summed E-state index contributed by atoms with van der Waals surface area (Å²) in [6, 6.07) is 4.18. The summed E-state index contributed by atoms with van der Waals surface area (Å²) in [5.74, 6) is 0.272. The molecule has 0 aromatic heterocycles.